The molecule has 0 unspecified atom stereocenters. The molecular formula is C13H8O7. The third-order valence-electron chi connectivity index (χ3n) is 2.79. The van der Waals surface area contributed by atoms with E-state index in [4.69, 9.17) is 24.4 Å². The first-order chi connectivity index (χ1) is 9.54. The van der Waals surface area contributed by atoms with Crippen LogP contribution in [0.4, 0.5) is 0 Å². The predicted octanol–water partition coefficient (Wildman–Crippen LogP) is 1.30. The largest absolute Gasteiger partial charge is 0.475 e. The van der Waals surface area contributed by atoms with Gasteiger partial charge in [0.05, 0.1) is 0 Å². The summed E-state index contributed by atoms with van der Waals surface area (Å²) in [5.74, 6) is -2.73. The van der Waals surface area contributed by atoms with Crippen LogP contribution >= 0.6 is 0 Å². The van der Waals surface area contributed by atoms with Crippen molar-refractivity contribution in [1.82, 2.24) is 0 Å². The normalized spacial score (nSPS) is 15.4. The minimum absolute atomic E-state index is 0.0692. The van der Waals surface area contributed by atoms with Gasteiger partial charge in [-0.15, -0.1) is 0 Å². The van der Waals surface area contributed by atoms with E-state index in [2.05, 4.69) is 0 Å². The first-order valence-electron chi connectivity index (χ1n) is 5.56. The van der Waals surface area contributed by atoms with Crippen molar-refractivity contribution >= 4 is 24.1 Å². The van der Waals surface area contributed by atoms with E-state index in [-0.39, 0.29) is 6.79 Å². The fraction of sp³-hybridized carbons (Fsp3) is 0.0769. The molecule has 20 heavy (non-hydrogen) atoms. The highest BCUT2D eigenvalue weighted by Gasteiger charge is 2.24. The van der Waals surface area contributed by atoms with E-state index in [9.17, 15) is 9.59 Å². The van der Waals surface area contributed by atoms with Gasteiger partial charge in [-0.05, 0) is 35.4 Å². The van der Waals surface area contributed by atoms with E-state index in [1.54, 1.807) is 12.1 Å². The molecule has 2 aliphatic rings. The second-order valence-electron chi connectivity index (χ2n) is 4.06. The number of benzene rings is 1. The van der Waals surface area contributed by atoms with Crippen LogP contribution in [0.1, 0.15) is 11.1 Å². The van der Waals surface area contributed by atoms with Crippen LogP contribution in [0.5, 0.6) is 11.5 Å². The molecule has 0 aromatic heterocycles. The molecule has 0 bridgehead atoms. The number of carboxylic acid groups (broad SMARTS) is 2. The first kappa shape index (κ1) is 12.1. The number of aliphatic carboxylic acids is 2. The number of rotatable bonds is 2. The van der Waals surface area contributed by atoms with Crippen molar-refractivity contribution in [3.63, 3.8) is 0 Å². The highest BCUT2D eigenvalue weighted by Crippen LogP contribution is 2.37. The van der Waals surface area contributed by atoms with Crippen molar-refractivity contribution in [3.05, 3.63) is 34.8 Å². The fourth-order valence-electron chi connectivity index (χ4n) is 1.89. The molecule has 0 spiro atoms. The van der Waals surface area contributed by atoms with Crippen molar-refractivity contribution in [1.29, 1.82) is 0 Å². The Morgan fingerprint density at radius 3 is 1.75 bits per heavy atom. The zero-order valence-electron chi connectivity index (χ0n) is 9.95. The van der Waals surface area contributed by atoms with E-state index in [0.717, 1.165) is 0 Å². The number of hydrogen-bond donors (Lipinski definition) is 2. The van der Waals surface area contributed by atoms with E-state index in [1.165, 1.54) is 12.2 Å². The number of carbonyl (C=O) groups is 2. The van der Waals surface area contributed by atoms with Gasteiger partial charge in [0.25, 0.3) is 0 Å². The van der Waals surface area contributed by atoms with Crippen LogP contribution in [0.25, 0.3) is 12.2 Å². The highest BCUT2D eigenvalue weighted by atomic mass is 16.7. The van der Waals surface area contributed by atoms with Gasteiger partial charge in [0.1, 0.15) is 0 Å². The lowest BCUT2D eigenvalue weighted by Gasteiger charge is -2.03. The van der Waals surface area contributed by atoms with Crippen LogP contribution in [0.3, 0.4) is 0 Å². The van der Waals surface area contributed by atoms with Crippen molar-refractivity contribution in [2.75, 3.05) is 6.79 Å². The quantitative estimate of drug-likeness (QED) is 0.839. The van der Waals surface area contributed by atoms with Gasteiger partial charge in [-0.2, -0.15) is 0 Å². The van der Waals surface area contributed by atoms with E-state index < -0.39 is 23.5 Å². The minimum Gasteiger partial charge on any atom is -0.475 e. The summed E-state index contributed by atoms with van der Waals surface area (Å²) in [6, 6.07) is 3.15. The van der Waals surface area contributed by atoms with Crippen molar-refractivity contribution in [2.45, 2.75) is 0 Å². The van der Waals surface area contributed by atoms with Crippen LogP contribution in [0.2, 0.25) is 0 Å². The topological polar surface area (TPSA) is 102 Å². The summed E-state index contributed by atoms with van der Waals surface area (Å²) in [6.07, 6.45) is 2.48. The smallest absolute Gasteiger partial charge is 0.371 e. The maximum atomic E-state index is 11.0. The monoisotopic (exact) mass is 276 g/mol. The minimum atomic E-state index is -1.36. The van der Waals surface area contributed by atoms with Crippen LogP contribution in [0.15, 0.2) is 23.7 Å². The molecule has 0 saturated heterocycles. The second kappa shape index (κ2) is 4.30. The molecule has 0 radical (unpaired) electrons. The molecule has 7 nitrogen and oxygen atoms in total. The maximum Gasteiger partial charge on any atom is 0.371 e. The Morgan fingerprint density at radius 1 is 0.900 bits per heavy atom. The molecule has 0 aliphatic carbocycles. The van der Waals surface area contributed by atoms with Crippen LogP contribution in [0, 0.1) is 0 Å². The van der Waals surface area contributed by atoms with Gasteiger partial charge in [-0.3, -0.25) is 0 Å². The van der Waals surface area contributed by atoms with Gasteiger partial charge in [-0.25, -0.2) is 9.59 Å². The third kappa shape index (κ3) is 1.95. The summed E-state index contributed by atoms with van der Waals surface area (Å²) in [5.41, 5.74) is 0.950. The van der Waals surface area contributed by atoms with Gasteiger partial charge < -0.3 is 24.4 Å². The first-order valence-corrected chi connectivity index (χ1v) is 5.56. The Kier molecular flexibility index (Phi) is 2.60. The molecule has 2 heterocycles. The molecule has 0 saturated carbocycles. The molecule has 0 atom stereocenters. The summed E-state index contributed by atoms with van der Waals surface area (Å²) in [6.45, 7) is 0.0692. The lowest BCUT2D eigenvalue weighted by atomic mass is 10.0. The molecule has 1 aromatic rings. The Morgan fingerprint density at radius 2 is 1.35 bits per heavy atom. The van der Waals surface area contributed by atoms with Gasteiger partial charge >= 0.3 is 11.9 Å². The Balaban J connectivity index is 2.20. The van der Waals surface area contributed by atoms with E-state index >= 15 is 0 Å². The van der Waals surface area contributed by atoms with Crippen molar-refractivity contribution < 1.29 is 34.0 Å². The standard InChI is InChI=1S/C13H8O7/c14-12(15)10-3-6-1-8-9(19-5-18-8)2-7(6)4-11(20-10)13(16)17/h1-4H,5H2,(H,14,15)(H,16,17). The Labute approximate surface area is 112 Å². The number of fused-ring (bicyclic) bond motifs is 2. The third-order valence-corrected chi connectivity index (χ3v) is 2.79. The summed E-state index contributed by atoms with van der Waals surface area (Å²) in [4.78, 5) is 22.1. The summed E-state index contributed by atoms with van der Waals surface area (Å²) < 4.78 is 15.3. The lowest BCUT2D eigenvalue weighted by molar-refractivity contribution is -0.138. The van der Waals surface area contributed by atoms with Gasteiger partial charge in [-0.1, -0.05) is 0 Å². The summed E-state index contributed by atoms with van der Waals surface area (Å²) in [5, 5.41) is 18.0. The molecule has 2 aliphatic heterocycles. The fourth-order valence-corrected chi connectivity index (χ4v) is 1.89. The number of ether oxygens (including phenoxy) is 3. The second-order valence-corrected chi connectivity index (χ2v) is 4.06. The highest BCUT2D eigenvalue weighted by molar-refractivity contribution is 5.97. The van der Waals surface area contributed by atoms with Gasteiger partial charge in [0, 0.05) is 0 Å². The van der Waals surface area contributed by atoms with Crippen LogP contribution in [-0.2, 0) is 14.3 Å². The molecule has 2 N–H and O–H groups in total. The molecule has 7 heteroatoms. The molecule has 0 fully saturated rings. The predicted molar refractivity (Wildman–Crippen MR) is 64.9 cm³/mol. The van der Waals surface area contributed by atoms with Crippen molar-refractivity contribution in [3.8, 4) is 11.5 Å². The summed E-state index contributed by atoms with van der Waals surface area (Å²) in [7, 11) is 0. The lowest BCUT2D eigenvalue weighted by Crippen LogP contribution is -2.09. The Bertz CT molecular complexity index is 627. The molecule has 1 aromatic carbocycles. The maximum absolute atomic E-state index is 11.0. The number of hydrogen-bond acceptors (Lipinski definition) is 5. The zero-order valence-corrected chi connectivity index (χ0v) is 9.95. The summed E-state index contributed by atoms with van der Waals surface area (Å²) >= 11 is 0. The SMILES string of the molecule is O=C(O)C1=Cc2cc3c(cc2C=C(C(=O)O)O1)OCO3. The van der Waals surface area contributed by atoms with Crippen LogP contribution < -0.4 is 9.47 Å². The van der Waals surface area contributed by atoms with Gasteiger partial charge in [0.15, 0.2) is 11.5 Å². The molecule has 0 amide bonds. The molecule has 102 valence electrons. The van der Waals surface area contributed by atoms with Gasteiger partial charge in [0.2, 0.25) is 18.3 Å². The zero-order chi connectivity index (χ0) is 14.3. The van der Waals surface area contributed by atoms with E-state index in [1.807, 2.05) is 0 Å². The molecular weight excluding hydrogens is 268 g/mol. The van der Waals surface area contributed by atoms with Crippen molar-refractivity contribution in [2.24, 2.45) is 0 Å². The average Bonchev–Trinajstić information content (AvgIpc) is 2.73. The number of carboxylic acids is 2. The molecule has 3 rings (SSSR count). The Hall–Kier alpha value is -2.96. The van der Waals surface area contributed by atoms with Crippen LogP contribution in [-0.4, -0.2) is 28.9 Å². The van der Waals surface area contributed by atoms with E-state index in [0.29, 0.717) is 22.6 Å². The average molecular weight is 276 g/mol.